The van der Waals surface area contributed by atoms with Crippen LogP contribution in [-0.4, -0.2) is 29.2 Å². The maximum atomic E-state index is 11.6. The third-order valence-electron chi connectivity index (χ3n) is 2.85. The van der Waals surface area contributed by atoms with E-state index in [2.05, 4.69) is 5.32 Å². The molecule has 4 N–H and O–H groups in total. The first-order chi connectivity index (χ1) is 6.84. The van der Waals surface area contributed by atoms with E-state index in [4.69, 9.17) is 10.8 Å². The van der Waals surface area contributed by atoms with Crippen molar-refractivity contribution >= 4 is 5.91 Å². The van der Waals surface area contributed by atoms with Crippen molar-refractivity contribution in [2.75, 3.05) is 6.61 Å². The lowest BCUT2D eigenvalue weighted by Crippen LogP contribution is -2.50. The van der Waals surface area contributed by atoms with Crippen LogP contribution in [0.3, 0.4) is 0 Å². The molecule has 0 aromatic heterocycles. The summed E-state index contributed by atoms with van der Waals surface area (Å²) in [6.07, 6.45) is 1.01. The van der Waals surface area contributed by atoms with Crippen molar-refractivity contribution in [2.45, 2.75) is 52.1 Å². The summed E-state index contributed by atoms with van der Waals surface area (Å²) in [7, 11) is 0. The molecule has 0 saturated carbocycles. The summed E-state index contributed by atoms with van der Waals surface area (Å²) in [4.78, 5) is 11.6. The van der Waals surface area contributed by atoms with Crippen LogP contribution in [0.4, 0.5) is 0 Å². The van der Waals surface area contributed by atoms with Crippen LogP contribution in [-0.2, 0) is 4.79 Å². The number of nitrogens with two attached hydrogens (primary N) is 1. The predicted molar refractivity (Wildman–Crippen MR) is 61.4 cm³/mol. The maximum Gasteiger partial charge on any atom is 0.222 e. The van der Waals surface area contributed by atoms with Crippen LogP contribution in [0, 0.1) is 5.92 Å². The highest BCUT2D eigenvalue weighted by Gasteiger charge is 2.24. The molecule has 0 aromatic carbocycles. The van der Waals surface area contributed by atoms with E-state index in [-0.39, 0.29) is 24.5 Å². The Kier molecular flexibility index (Phi) is 5.83. The molecule has 0 aliphatic heterocycles. The van der Waals surface area contributed by atoms with Gasteiger partial charge in [-0.2, -0.15) is 0 Å². The van der Waals surface area contributed by atoms with Crippen LogP contribution in [0.25, 0.3) is 0 Å². The zero-order valence-electron chi connectivity index (χ0n) is 10.2. The Hall–Kier alpha value is -0.610. The Balaban J connectivity index is 4.13. The number of hydrogen-bond acceptors (Lipinski definition) is 3. The summed E-state index contributed by atoms with van der Waals surface area (Å²) in [5.41, 5.74) is 5.28. The fourth-order valence-electron chi connectivity index (χ4n) is 1.08. The van der Waals surface area contributed by atoms with E-state index in [9.17, 15) is 4.79 Å². The highest BCUT2D eigenvalue weighted by atomic mass is 16.3. The minimum absolute atomic E-state index is 0.0494. The average molecular weight is 216 g/mol. The van der Waals surface area contributed by atoms with Crippen LogP contribution < -0.4 is 11.1 Å². The molecule has 0 spiro atoms. The molecule has 0 radical (unpaired) electrons. The highest BCUT2D eigenvalue weighted by Crippen LogP contribution is 2.09. The molecule has 15 heavy (non-hydrogen) atoms. The molecule has 4 heteroatoms. The van der Waals surface area contributed by atoms with Gasteiger partial charge in [0, 0.05) is 12.5 Å². The van der Waals surface area contributed by atoms with E-state index in [1.165, 1.54) is 0 Å². The second kappa shape index (κ2) is 6.08. The molecule has 0 saturated heterocycles. The molecule has 0 fully saturated rings. The molecular formula is C11H24N2O2. The second-order valence-electron chi connectivity index (χ2n) is 4.73. The molecule has 0 heterocycles. The number of aliphatic hydroxyl groups is 1. The molecule has 0 bridgehead atoms. The minimum atomic E-state index is -0.520. The van der Waals surface area contributed by atoms with Crippen molar-refractivity contribution in [1.29, 1.82) is 0 Å². The summed E-state index contributed by atoms with van der Waals surface area (Å²) in [5.74, 6) is 0.201. The number of amides is 1. The van der Waals surface area contributed by atoms with E-state index < -0.39 is 5.54 Å². The smallest absolute Gasteiger partial charge is 0.222 e. The van der Waals surface area contributed by atoms with Gasteiger partial charge in [-0.25, -0.2) is 0 Å². The fraction of sp³-hybridized carbons (Fsp3) is 0.909. The minimum Gasteiger partial charge on any atom is -0.394 e. The third-order valence-corrected chi connectivity index (χ3v) is 2.85. The van der Waals surface area contributed by atoms with Gasteiger partial charge >= 0.3 is 0 Å². The zero-order chi connectivity index (χ0) is 12.1. The van der Waals surface area contributed by atoms with Gasteiger partial charge in [-0.05, 0) is 19.3 Å². The molecule has 1 amide bonds. The lowest BCUT2D eigenvalue weighted by molar-refractivity contribution is -0.124. The molecule has 90 valence electrons. The number of hydrogen-bond donors (Lipinski definition) is 3. The monoisotopic (exact) mass is 216 g/mol. The first-order valence-electron chi connectivity index (χ1n) is 5.52. The second-order valence-corrected chi connectivity index (χ2v) is 4.73. The van der Waals surface area contributed by atoms with Crippen LogP contribution in [0.5, 0.6) is 0 Å². The van der Waals surface area contributed by atoms with Gasteiger partial charge in [0.2, 0.25) is 5.91 Å². The van der Waals surface area contributed by atoms with Crippen LogP contribution >= 0.6 is 0 Å². The van der Waals surface area contributed by atoms with Crippen molar-refractivity contribution in [2.24, 2.45) is 11.7 Å². The largest absolute Gasteiger partial charge is 0.394 e. The highest BCUT2D eigenvalue weighted by molar-refractivity contribution is 5.77. The molecule has 0 aliphatic carbocycles. The van der Waals surface area contributed by atoms with Gasteiger partial charge in [0.05, 0.1) is 12.1 Å². The molecule has 0 rings (SSSR count). The van der Waals surface area contributed by atoms with Gasteiger partial charge in [0.1, 0.15) is 0 Å². The maximum absolute atomic E-state index is 11.6. The van der Waals surface area contributed by atoms with Gasteiger partial charge in [-0.15, -0.1) is 0 Å². The topological polar surface area (TPSA) is 75.3 Å². The molecule has 0 aliphatic rings. The lowest BCUT2D eigenvalue weighted by Gasteiger charge is -2.28. The average Bonchev–Trinajstić information content (AvgIpc) is 2.17. The Morgan fingerprint density at radius 2 is 2.07 bits per heavy atom. The molecular weight excluding hydrogens is 192 g/mol. The third kappa shape index (κ3) is 5.14. The van der Waals surface area contributed by atoms with Crippen molar-refractivity contribution in [3.63, 3.8) is 0 Å². The van der Waals surface area contributed by atoms with Crippen LogP contribution in [0.15, 0.2) is 0 Å². The SMILES string of the molecule is CCC(C)(CO)NC(=O)CC(N)C(C)C. The first kappa shape index (κ1) is 14.4. The summed E-state index contributed by atoms with van der Waals surface area (Å²) in [5, 5.41) is 11.9. The van der Waals surface area contributed by atoms with Gasteiger partial charge in [-0.1, -0.05) is 20.8 Å². The molecule has 0 aromatic rings. The van der Waals surface area contributed by atoms with Crippen molar-refractivity contribution < 1.29 is 9.90 Å². The summed E-state index contributed by atoms with van der Waals surface area (Å²) in [6.45, 7) is 7.68. The van der Waals surface area contributed by atoms with Gasteiger partial charge < -0.3 is 16.2 Å². The van der Waals surface area contributed by atoms with Crippen LogP contribution in [0.1, 0.15) is 40.5 Å². The standard InChI is InChI=1S/C11H24N2O2/c1-5-11(4,7-14)13-10(15)6-9(12)8(2)3/h8-9,14H,5-7,12H2,1-4H3,(H,13,15). The molecule has 2 atom stereocenters. The lowest BCUT2D eigenvalue weighted by atomic mass is 9.98. The fourth-order valence-corrected chi connectivity index (χ4v) is 1.08. The number of nitrogens with one attached hydrogen (secondary N) is 1. The predicted octanol–water partition coefficient (Wildman–Crippen LogP) is 0.637. The van der Waals surface area contributed by atoms with Crippen LogP contribution in [0.2, 0.25) is 0 Å². The number of carbonyl (C=O) groups is 1. The molecule has 4 nitrogen and oxygen atoms in total. The quantitative estimate of drug-likeness (QED) is 0.610. The summed E-state index contributed by atoms with van der Waals surface area (Å²) >= 11 is 0. The Morgan fingerprint density at radius 3 is 2.40 bits per heavy atom. The van der Waals surface area contributed by atoms with Crippen molar-refractivity contribution in [3.05, 3.63) is 0 Å². The van der Waals surface area contributed by atoms with Crippen molar-refractivity contribution in [3.8, 4) is 0 Å². The van der Waals surface area contributed by atoms with E-state index in [0.29, 0.717) is 12.8 Å². The van der Waals surface area contributed by atoms with Gasteiger partial charge in [0.25, 0.3) is 0 Å². The zero-order valence-corrected chi connectivity index (χ0v) is 10.2. The number of aliphatic hydroxyl groups excluding tert-OH is 1. The normalized spacial score (nSPS) is 17.3. The van der Waals surface area contributed by atoms with E-state index >= 15 is 0 Å². The van der Waals surface area contributed by atoms with E-state index in [1.54, 1.807) is 0 Å². The van der Waals surface area contributed by atoms with Gasteiger partial charge in [0.15, 0.2) is 0 Å². The number of carbonyl (C=O) groups excluding carboxylic acids is 1. The van der Waals surface area contributed by atoms with E-state index in [1.807, 2.05) is 27.7 Å². The van der Waals surface area contributed by atoms with Crippen molar-refractivity contribution in [1.82, 2.24) is 5.32 Å². The Morgan fingerprint density at radius 1 is 1.53 bits per heavy atom. The summed E-state index contributed by atoms with van der Waals surface area (Å²) in [6, 6.07) is -0.121. The molecule has 2 unspecified atom stereocenters. The van der Waals surface area contributed by atoms with E-state index in [0.717, 1.165) is 0 Å². The first-order valence-corrected chi connectivity index (χ1v) is 5.52. The van der Waals surface area contributed by atoms with Gasteiger partial charge in [-0.3, -0.25) is 4.79 Å². The Bertz CT molecular complexity index is 201. The number of rotatable bonds is 6. The Labute approximate surface area is 92.2 Å². The summed E-state index contributed by atoms with van der Waals surface area (Å²) < 4.78 is 0.